The summed E-state index contributed by atoms with van der Waals surface area (Å²) in [6.07, 6.45) is 0. The average Bonchev–Trinajstić information content (AvgIpc) is 3.78. The Labute approximate surface area is 408 Å². The van der Waals surface area contributed by atoms with E-state index >= 15 is 0 Å². The van der Waals surface area contributed by atoms with Crippen LogP contribution in [0.3, 0.4) is 0 Å². The number of hydrogen-bond donors (Lipinski definition) is 0. The van der Waals surface area contributed by atoms with Crippen LogP contribution in [0, 0.1) is 0 Å². The van der Waals surface area contributed by atoms with Crippen LogP contribution in [0.5, 0.6) is 0 Å². The third kappa shape index (κ3) is 7.22. The molecular formula is C68H46N2. The summed E-state index contributed by atoms with van der Waals surface area (Å²) in [5.74, 6) is 0. The Morgan fingerprint density at radius 2 is 0.671 bits per heavy atom. The first-order valence-corrected chi connectivity index (χ1v) is 24.1. The number of benzene rings is 12. The number of nitrogens with zero attached hydrogens (tertiary/aromatic N) is 2. The number of hydrogen-bond acceptors (Lipinski definition) is 1. The van der Waals surface area contributed by atoms with Crippen molar-refractivity contribution in [3.05, 3.63) is 279 Å². The van der Waals surface area contributed by atoms with Crippen LogP contribution in [-0.4, -0.2) is 4.57 Å². The number of aromatic nitrogens is 1. The van der Waals surface area contributed by atoms with E-state index in [9.17, 15) is 0 Å². The Morgan fingerprint density at radius 3 is 1.29 bits per heavy atom. The Bertz CT molecular complexity index is 4000. The summed E-state index contributed by atoms with van der Waals surface area (Å²) in [7, 11) is 0. The van der Waals surface area contributed by atoms with Crippen molar-refractivity contribution in [3.8, 4) is 61.3 Å². The van der Waals surface area contributed by atoms with Gasteiger partial charge in [0.1, 0.15) is 0 Å². The fourth-order valence-corrected chi connectivity index (χ4v) is 10.7. The highest BCUT2D eigenvalue weighted by molar-refractivity contribution is 6.10. The van der Waals surface area contributed by atoms with Gasteiger partial charge in [-0.2, -0.15) is 0 Å². The second-order valence-electron chi connectivity index (χ2n) is 18.0. The molecule has 0 aliphatic heterocycles. The molecule has 1 heterocycles. The van der Waals surface area contributed by atoms with Crippen molar-refractivity contribution in [3.63, 3.8) is 0 Å². The molecule has 13 aromatic rings. The van der Waals surface area contributed by atoms with Crippen molar-refractivity contribution in [1.29, 1.82) is 0 Å². The van der Waals surface area contributed by atoms with Gasteiger partial charge in [-0.25, -0.2) is 0 Å². The summed E-state index contributed by atoms with van der Waals surface area (Å²) in [5.41, 5.74) is 18.7. The lowest BCUT2D eigenvalue weighted by molar-refractivity contribution is 1.17. The monoisotopic (exact) mass is 890 g/mol. The van der Waals surface area contributed by atoms with E-state index in [2.05, 4.69) is 289 Å². The van der Waals surface area contributed by atoms with Crippen LogP contribution >= 0.6 is 0 Å². The predicted molar refractivity (Wildman–Crippen MR) is 298 cm³/mol. The fourth-order valence-electron chi connectivity index (χ4n) is 10.7. The molecule has 0 fully saturated rings. The SMILES string of the molecule is c1ccc(-c2ccccc2-c2ccccc2-c2ccccc2-c2ccc(N(c3ccc(-c4ccc5c(ccc6ccccc65)c4)cc3)c3cccc(-n4c5ccccc5c5ccccc54)c3)cc2)cc1. The van der Waals surface area contributed by atoms with Crippen LogP contribution in [0.1, 0.15) is 0 Å². The predicted octanol–water partition coefficient (Wildman–Crippen LogP) is 18.9. The number of anilines is 3. The summed E-state index contributed by atoms with van der Waals surface area (Å²) in [6.45, 7) is 0. The fraction of sp³-hybridized carbons (Fsp3) is 0. The topological polar surface area (TPSA) is 8.17 Å². The summed E-state index contributed by atoms with van der Waals surface area (Å²) in [5, 5.41) is 7.55. The Kier molecular flexibility index (Phi) is 10.2. The van der Waals surface area contributed by atoms with Crippen molar-refractivity contribution in [2.75, 3.05) is 4.90 Å². The summed E-state index contributed by atoms with van der Waals surface area (Å²) in [6, 6.07) is 102. The van der Waals surface area contributed by atoms with E-state index in [0.29, 0.717) is 0 Å². The second kappa shape index (κ2) is 17.4. The average molecular weight is 891 g/mol. The molecule has 0 bridgehead atoms. The van der Waals surface area contributed by atoms with E-state index in [1.807, 2.05) is 0 Å². The lowest BCUT2D eigenvalue weighted by atomic mass is 9.87. The van der Waals surface area contributed by atoms with Gasteiger partial charge >= 0.3 is 0 Å². The van der Waals surface area contributed by atoms with Gasteiger partial charge in [0, 0.05) is 33.5 Å². The molecule has 0 saturated carbocycles. The molecule has 0 spiro atoms. The van der Waals surface area contributed by atoms with E-state index in [-0.39, 0.29) is 0 Å². The van der Waals surface area contributed by atoms with Gasteiger partial charge in [0.2, 0.25) is 0 Å². The summed E-state index contributed by atoms with van der Waals surface area (Å²) >= 11 is 0. The van der Waals surface area contributed by atoms with Crippen LogP contribution in [0.15, 0.2) is 279 Å². The smallest absolute Gasteiger partial charge is 0.0541 e. The third-order valence-corrected chi connectivity index (χ3v) is 14.0. The molecule has 0 saturated heterocycles. The van der Waals surface area contributed by atoms with Gasteiger partial charge < -0.3 is 9.47 Å². The molecule has 12 aromatic carbocycles. The lowest BCUT2D eigenvalue weighted by Gasteiger charge is -2.27. The van der Waals surface area contributed by atoms with E-state index in [4.69, 9.17) is 0 Å². The van der Waals surface area contributed by atoms with Gasteiger partial charge in [-0.1, -0.05) is 218 Å². The van der Waals surface area contributed by atoms with Gasteiger partial charge in [-0.3, -0.25) is 0 Å². The zero-order valence-electron chi connectivity index (χ0n) is 38.5. The van der Waals surface area contributed by atoms with E-state index in [0.717, 1.165) is 28.3 Å². The molecule has 0 N–H and O–H groups in total. The van der Waals surface area contributed by atoms with Crippen LogP contribution in [-0.2, 0) is 0 Å². The highest BCUT2D eigenvalue weighted by Crippen LogP contribution is 2.44. The summed E-state index contributed by atoms with van der Waals surface area (Å²) < 4.78 is 2.40. The van der Waals surface area contributed by atoms with Gasteiger partial charge in [0.25, 0.3) is 0 Å². The molecule has 2 heteroatoms. The summed E-state index contributed by atoms with van der Waals surface area (Å²) in [4.78, 5) is 2.39. The van der Waals surface area contributed by atoms with Crippen molar-refractivity contribution in [1.82, 2.24) is 4.57 Å². The Hall–Kier alpha value is -9.24. The second-order valence-corrected chi connectivity index (χ2v) is 18.0. The molecule has 1 aromatic heterocycles. The van der Waals surface area contributed by atoms with Gasteiger partial charge in [0.15, 0.2) is 0 Å². The Morgan fingerprint density at radius 1 is 0.229 bits per heavy atom. The maximum atomic E-state index is 2.40. The highest BCUT2D eigenvalue weighted by atomic mass is 15.1. The molecule has 0 unspecified atom stereocenters. The van der Waals surface area contributed by atoms with Crippen LogP contribution in [0.2, 0.25) is 0 Å². The maximum absolute atomic E-state index is 2.40. The van der Waals surface area contributed by atoms with Gasteiger partial charge in [-0.15, -0.1) is 0 Å². The van der Waals surface area contributed by atoms with Crippen molar-refractivity contribution < 1.29 is 0 Å². The van der Waals surface area contributed by atoms with Crippen molar-refractivity contribution >= 4 is 60.4 Å². The molecule has 0 amide bonds. The number of fused-ring (bicyclic) bond motifs is 6. The minimum Gasteiger partial charge on any atom is -0.310 e. The van der Waals surface area contributed by atoms with Crippen molar-refractivity contribution in [2.24, 2.45) is 0 Å². The number of para-hydroxylation sites is 2. The number of rotatable bonds is 9. The molecular weight excluding hydrogens is 845 g/mol. The first-order valence-electron chi connectivity index (χ1n) is 24.1. The van der Waals surface area contributed by atoms with E-state index < -0.39 is 0 Å². The maximum Gasteiger partial charge on any atom is 0.0541 e. The molecule has 0 aliphatic carbocycles. The molecule has 0 aliphatic rings. The quantitative estimate of drug-likeness (QED) is 0.131. The minimum atomic E-state index is 1.07. The van der Waals surface area contributed by atoms with Crippen molar-refractivity contribution in [2.45, 2.75) is 0 Å². The van der Waals surface area contributed by atoms with Crippen LogP contribution < -0.4 is 4.90 Å². The lowest BCUT2D eigenvalue weighted by Crippen LogP contribution is -2.10. The van der Waals surface area contributed by atoms with Crippen LogP contribution in [0.4, 0.5) is 17.1 Å². The first-order chi connectivity index (χ1) is 34.7. The molecule has 13 rings (SSSR count). The van der Waals surface area contributed by atoms with E-state index in [1.165, 1.54) is 93.4 Å². The molecule has 0 radical (unpaired) electrons. The first kappa shape index (κ1) is 41.0. The van der Waals surface area contributed by atoms with Gasteiger partial charge in [-0.05, 0) is 138 Å². The largest absolute Gasteiger partial charge is 0.310 e. The van der Waals surface area contributed by atoms with Gasteiger partial charge in [0.05, 0.1) is 11.0 Å². The van der Waals surface area contributed by atoms with Crippen LogP contribution in [0.25, 0.3) is 105 Å². The highest BCUT2D eigenvalue weighted by Gasteiger charge is 2.19. The zero-order chi connectivity index (χ0) is 46.4. The normalized spacial score (nSPS) is 11.4. The van der Waals surface area contributed by atoms with E-state index in [1.54, 1.807) is 0 Å². The third-order valence-electron chi connectivity index (χ3n) is 14.0. The molecule has 328 valence electrons. The molecule has 2 nitrogen and oxygen atoms in total. The minimum absolute atomic E-state index is 1.07. The zero-order valence-corrected chi connectivity index (χ0v) is 38.5. The molecule has 70 heavy (non-hydrogen) atoms. The molecule has 0 atom stereocenters. The standard InChI is InChI=1S/C68H46N2/c1-2-17-48(18-3-1)58-23-6-8-25-61(58)63-27-10-11-28-64(63)62-26-9-7-24-59(62)50-37-42-54(43-38-50)69(55-20-16-21-56(46-55)70-67-31-14-12-29-65(67)66-30-13-15-32-68(66)70)53-40-35-47(36-41-53)51-39-44-60-52(45-51)34-33-49-19-4-5-22-57(49)60/h1-46H. The Balaban J connectivity index is 0.913.